The average molecular weight is 343 g/mol. The Morgan fingerprint density at radius 2 is 2.00 bits per heavy atom. The molecule has 2 N–H and O–H groups in total. The molecule has 0 unspecified atom stereocenters. The highest BCUT2D eigenvalue weighted by Crippen LogP contribution is 2.40. The maximum Gasteiger partial charge on any atom is 0.190 e. The van der Waals surface area contributed by atoms with E-state index in [1.807, 2.05) is 24.5 Å². The van der Waals surface area contributed by atoms with Gasteiger partial charge in [-0.1, -0.05) is 23.9 Å². The van der Waals surface area contributed by atoms with Gasteiger partial charge in [-0.05, 0) is 49.6 Å². The monoisotopic (exact) mass is 343 g/mol. The molecule has 0 aliphatic heterocycles. The van der Waals surface area contributed by atoms with Crippen molar-refractivity contribution in [3.05, 3.63) is 34.7 Å². The van der Waals surface area contributed by atoms with Gasteiger partial charge in [-0.3, -0.25) is 0 Å². The zero-order valence-electron chi connectivity index (χ0n) is 12.8. The number of benzene rings is 1. The summed E-state index contributed by atoms with van der Waals surface area (Å²) in [5.74, 6) is 1.04. The van der Waals surface area contributed by atoms with Gasteiger partial charge in [0.2, 0.25) is 0 Å². The zero-order chi connectivity index (χ0) is 15.8. The van der Waals surface area contributed by atoms with Gasteiger partial charge in [0.1, 0.15) is 16.4 Å². The molecule has 0 amide bonds. The molecule has 118 valence electrons. The molecular weight excluding hydrogens is 326 g/mol. The summed E-state index contributed by atoms with van der Waals surface area (Å²) >= 11 is 3.33. The molecule has 6 heteroatoms. The summed E-state index contributed by atoms with van der Waals surface area (Å²) in [7, 11) is 0. The molecule has 2 aromatic heterocycles. The molecule has 1 aliphatic rings. The number of aryl methyl sites for hydroxylation is 2. The first-order chi connectivity index (χ1) is 11.3. The molecule has 0 spiro atoms. The standard InChI is InChI=1S/C17H17N3OS2/c1-22-17-19-15(18-11-7-3-4-8-12(11)21)14-10-6-2-5-9-13(10)23-16(14)20-17/h3-4,7-8,21H,2,5-6,9H2,1H3,(H,18,19,20). The molecule has 1 aliphatic carbocycles. The van der Waals surface area contributed by atoms with Crippen molar-refractivity contribution in [3.8, 4) is 5.75 Å². The molecule has 1 aromatic carbocycles. The molecule has 23 heavy (non-hydrogen) atoms. The summed E-state index contributed by atoms with van der Waals surface area (Å²) in [6, 6.07) is 7.26. The largest absolute Gasteiger partial charge is 0.506 e. The zero-order valence-corrected chi connectivity index (χ0v) is 14.4. The molecule has 3 aromatic rings. The summed E-state index contributed by atoms with van der Waals surface area (Å²) in [6.45, 7) is 0. The number of hydrogen-bond donors (Lipinski definition) is 2. The number of nitrogens with one attached hydrogen (secondary N) is 1. The third-order valence-corrected chi connectivity index (χ3v) is 5.87. The second kappa shape index (κ2) is 6.02. The van der Waals surface area contributed by atoms with Gasteiger partial charge in [0, 0.05) is 4.88 Å². The average Bonchev–Trinajstić information content (AvgIpc) is 2.95. The van der Waals surface area contributed by atoms with Crippen LogP contribution in [0.5, 0.6) is 5.75 Å². The summed E-state index contributed by atoms with van der Waals surface area (Å²) in [5.41, 5.74) is 2.07. The molecule has 4 nitrogen and oxygen atoms in total. The van der Waals surface area contributed by atoms with E-state index in [1.54, 1.807) is 29.2 Å². The fourth-order valence-corrected chi connectivity index (χ4v) is 4.71. The van der Waals surface area contributed by atoms with Crippen LogP contribution in [0.1, 0.15) is 23.3 Å². The normalized spacial score (nSPS) is 14.0. The van der Waals surface area contributed by atoms with Crippen LogP contribution in [-0.4, -0.2) is 21.3 Å². The molecule has 0 atom stereocenters. The van der Waals surface area contributed by atoms with Crippen LogP contribution in [0, 0.1) is 0 Å². The second-order valence-electron chi connectivity index (χ2n) is 5.59. The Bertz CT molecular complexity index is 876. The summed E-state index contributed by atoms with van der Waals surface area (Å²) in [4.78, 5) is 11.9. The maximum absolute atomic E-state index is 10.1. The van der Waals surface area contributed by atoms with Crippen LogP contribution in [0.2, 0.25) is 0 Å². The third-order valence-electron chi connectivity index (χ3n) is 4.13. The molecule has 0 fully saturated rings. The molecule has 0 saturated heterocycles. The number of para-hydroxylation sites is 2. The summed E-state index contributed by atoms with van der Waals surface area (Å²) in [5, 5.41) is 15.3. The number of fused-ring (bicyclic) bond motifs is 3. The van der Waals surface area contributed by atoms with Crippen molar-refractivity contribution in [2.45, 2.75) is 30.8 Å². The van der Waals surface area contributed by atoms with E-state index in [4.69, 9.17) is 4.98 Å². The molecule has 2 heterocycles. The lowest BCUT2D eigenvalue weighted by atomic mass is 9.97. The Morgan fingerprint density at radius 3 is 2.83 bits per heavy atom. The van der Waals surface area contributed by atoms with Crippen LogP contribution >= 0.6 is 23.1 Å². The molecule has 4 rings (SSSR count). The number of phenolic OH excluding ortho intramolecular Hbond substituents is 1. The lowest BCUT2D eigenvalue weighted by Crippen LogP contribution is -2.02. The molecular formula is C17H17N3OS2. The quantitative estimate of drug-likeness (QED) is 0.409. The third kappa shape index (κ3) is 2.66. The van der Waals surface area contributed by atoms with Crippen molar-refractivity contribution in [2.75, 3.05) is 11.6 Å². The van der Waals surface area contributed by atoms with E-state index in [1.165, 1.54) is 23.3 Å². The van der Waals surface area contributed by atoms with Crippen molar-refractivity contribution in [3.63, 3.8) is 0 Å². The van der Waals surface area contributed by atoms with E-state index in [-0.39, 0.29) is 5.75 Å². The highest BCUT2D eigenvalue weighted by Gasteiger charge is 2.21. The van der Waals surface area contributed by atoms with E-state index in [2.05, 4.69) is 10.3 Å². The first-order valence-electron chi connectivity index (χ1n) is 7.67. The number of thioether (sulfide) groups is 1. The van der Waals surface area contributed by atoms with Crippen LogP contribution in [-0.2, 0) is 12.8 Å². The fourth-order valence-electron chi connectivity index (χ4n) is 3.03. The molecule has 0 radical (unpaired) electrons. The molecule has 0 saturated carbocycles. The molecule has 0 bridgehead atoms. The van der Waals surface area contributed by atoms with Gasteiger partial charge in [-0.25, -0.2) is 9.97 Å². The van der Waals surface area contributed by atoms with E-state index in [0.29, 0.717) is 5.69 Å². The minimum absolute atomic E-state index is 0.231. The van der Waals surface area contributed by atoms with E-state index >= 15 is 0 Å². The Kier molecular flexibility index (Phi) is 3.87. The van der Waals surface area contributed by atoms with Crippen molar-refractivity contribution >= 4 is 44.8 Å². The van der Waals surface area contributed by atoms with Crippen LogP contribution in [0.4, 0.5) is 11.5 Å². The van der Waals surface area contributed by atoms with Crippen molar-refractivity contribution < 1.29 is 5.11 Å². The van der Waals surface area contributed by atoms with Crippen molar-refractivity contribution in [1.82, 2.24) is 9.97 Å². The van der Waals surface area contributed by atoms with Gasteiger partial charge in [0.25, 0.3) is 0 Å². The first-order valence-corrected chi connectivity index (χ1v) is 9.71. The van der Waals surface area contributed by atoms with Crippen LogP contribution in [0.15, 0.2) is 29.4 Å². The van der Waals surface area contributed by atoms with Gasteiger partial charge in [0.05, 0.1) is 11.1 Å². The fraction of sp³-hybridized carbons (Fsp3) is 0.294. The number of anilines is 2. The van der Waals surface area contributed by atoms with E-state index in [9.17, 15) is 5.11 Å². The minimum Gasteiger partial charge on any atom is -0.506 e. The number of thiophene rings is 1. The Morgan fingerprint density at radius 1 is 1.17 bits per heavy atom. The van der Waals surface area contributed by atoms with E-state index < -0.39 is 0 Å². The van der Waals surface area contributed by atoms with Crippen molar-refractivity contribution in [2.24, 2.45) is 0 Å². The topological polar surface area (TPSA) is 58.0 Å². The number of hydrogen-bond acceptors (Lipinski definition) is 6. The number of aromatic nitrogens is 2. The second-order valence-corrected chi connectivity index (χ2v) is 7.45. The van der Waals surface area contributed by atoms with E-state index in [0.717, 1.165) is 34.0 Å². The van der Waals surface area contributed by atoms with Crippen LogP contribution < -0.4 is 5.32 Å². The minimum atomic E-state index is 0.231. The first kappa shape index (κ1) is 14.8. The Labute approximate surface area is 143 Å². The number of aromatic hydroxyl groups is 1. The van der Waals surface area contributed by atoms with Gasteiger partial charge in [0.15, 0.2) is 5.16 Å². The summed E-state index contributed by atoms with van der Waals surface area (Å²) < 4.78 is 0. The van der Waals surface area contributed by atoms with Crippen LogP contribution in [0.25, 0.3) is 10.2 Å². The highest BCUT2D eigenvalue weighted by atomic mass is 32.2. The number of phenols is 1. The Balaban J connectivity index is 1.89. The lowest BCUT2D eigenvalue weighted by molar-refractivity contribution is 0.477. The number of nitrogens with zero attached hydrogens (tertiary/aromatic N) is 2. The lowest BCUT2D eigenvalue weighted by Gasteiger charge is -2.13. The maximum atomic E-state index is 10.1. The Hall–Kier alpha value is -1.79. The predicted molar refractivity (Wildman–Crippen MR) is 97.2 cm³/mol. The number of rotatable bonds is 3. The summed E-state index contributed by atoms with van der Waals surface area (Å²) in [6.07, 6.45) is 6.69. The van der Waals surface area contributed by atoms with Gasteiger partial charge < -0.3 is 10.4 Å². The van der Waals surface area contributed by atoms with Gasteiger partial charge >= 0.3 is 0 Å². The van der Waals surface area contributed by atoms with Gasteiger partial charge in [-0.2, -0.15) is 0 Å². The van der Waals surface area contributed by atoms with Crippen LogP contribution in [0.3, 0.4) is 0 Å². The SMILES string of the molecule is CSc1nc(Nc2ccccc2O)c2c3c(sc2n1)CCCC3. The predicted octanol–water partition coefficient (Wildman–Crippen LogP) is 4.74. The van der Waals surface area contributed by atoms with Crippen molar-refractivity contribution in [1.29, 1.82) is 0 Å². The van der Waals surface area contributed by atoms with Gasteiger partial charge in [-0.15, -0.1) is 11.3 Å². The highest BCUT2D eigenvalue weighted by molar-refractivity contribution is 7.98. The smallest absolute Gasteiger partial charge is 0.190 e.